The highest BCUT2D eigenvalue weighted by molar-refractivity contribution is 6.02. The van der Waals surface area contributed by atoms with E-state index < -0.39 is 24.5 Å². The first-order chi connectivity index (χ1) is 14.2. The number of amides is 4. The van der Waals surface area contributed by atoms with E-state index in [9.17, 15) is 19.2 Å². The second-order valence-electron chi connectivity index (χ2n) is 7.23. The molecule has 156 valence electrons. The number of hydrogen-bond donors (Lipinski definition) is 2. The lowest BCUT2D eigenvalue weighted by Crippen LogP contribution is -2.30. The quantitative estimate of drug-likeness (QED) is 0.563. The van der Waals surface area contributed by atoms with Gasteiger partial charge < -0.3 is 15.4 Å². The average molecular weight is 409 g/mol. The molecule has 8 nitrogen and oxygen atoms in total. The van der Waals surface area contributed by atoms with Crippen molar-refractivity contribution < 1.29 is 23.9 Å². The summed E-state index contributed by atoms with van der Waals surface area (Å²) in [6.45, 7) is 5.50. The van der Waals surface area contributed by atoms with Crippen molar-refractivity contribution in [3.63, 3.8) is 0 Å². The van der Waals surface area contributed by atoms with Gasteiger partial charge in [-0.2, -0.15) is 0 Å². The first-order valence-corrected chi connectivity index (χ1v) is 9.46. The molecule has 0 atom stereocenters. The summed E-state index contributed by atoms with van der Waals surface area (Å²) >= 11 is 0. The van der Waals surface area contributed by atoms with Crippen LogP contribution in [-0.4, -0.2) is 41.9 Å². The normalized spacial score (nSPS) is 13.2. The molecular formula is C22H23N3O5. The molecule has 2 aromatic rings. The Morgan fingerprint density at radius 2 is 1.70 bits per heavy atom. The Balaban J connectivity index is 1.54. The van der Waals surface area contributed by atoms with Gasteiger partial charge in [0, 0.05) is 5.69 Å². The Kier molecular flexibility index (Phi) is 6.15. The van der Waals surface area contributed by atoms with E-state index in [1.54, 1.807) is 12.1 Å². The lowest BCUT2D eigenvalue weighted by Gasteiger charge is -2.13. The van der Waals surface area contributed by atoms with Crippen molar-refractivity contribution in [2.45, 2.75) is 27.3 Å². The number of carbonyl (C=O) groups is 4. The van der Waals surface area contributed by atoms with E-state index in [1.165, 1.54) is 12.1 Å². The number of hydrogen-bond acceptors (Lipinski definition) is 5. The van der Waals surface area contributed by atoms with E-state index >= 15 is 0 Å². The first kappa shape index (κ1) is 21.0. The Morgan fingerprint density at radius 1 is 1.07 bits per heavy atom. The summed E-state index contributed by atoms with van der Waals surface area (Å²) < 4.78 is 5.09. The van der Waals surface area contributed by atoms with Gasteiger partial charge in [0.25, 0.3) is 5.91 Å². The maximum Gasteiger partial charge on any atom is 0.338 e. The topological polar surface area (TPSA) is 105 Å². The molecule has 1 saturated heterocycles. The van der Waals surface area contributed by atoms with Crippen LogP contribution in [0, 0.1) is 20.8 Å². The molecular weight excluding hydrogens is 386 g/mol. The molecule has 0 aromatic heterocycles. The van der Waals surface area contributed by atoms with Gasteiger partial charge in [0.15, 0.2) is 6.61 Å². The molecule has 0 radical (unpaired) electrons. The zero-order valence-electron chi connectivity index (χ0n) is 17.1. The van der Waals surface area contributed by atoms with Crippen LogP contribution < -0.4 is 10.6 Å². The molecule has 30 heavy (non-hydrogen) atoms. The number of aryl methyl sites for hydroxylation is 3. The van der Waals surface area contributed by atoms with Crippen molar-refractivity contribution in [1.82, 2.24) is 10.2 Å². The van der Waals surface area contributed by atoms with Crippen LogP contribution in [0.15, 0.2) is 36.4 Å². The highest BCUT2D eigenvalue weighted by Gasteiger charge is 2.28. The second-order valence-corrected chi connectivity index (χ2v) is 7.23. The molecule has 1 aliphatic heterocycles. The molecule has 1 fully saturated rings. The van der Waals surface area contributed by atoms with E-state index in [1.807, 2.05) is 32.9 Å². The van der Waals surface area contributed by atoms with E-state index in [0.717, 1.165) is 21.6 Å². The van der Waals surface area contributed by atoms with Gasteiger partial charge in [0.2, 0.25) is 5.91 Å². The highest BCUT2D eigenvalue weighted by Crippen LogP contribution is 2.21. The van der Waals surface area contributed by atoms with Crippen LogP contribution in [0.25, 0.3) is 0 Å². The summed E-state index contributed by atoms with van der Waals surface area (Å²) in [5, 5.41) is 5.23. The minimum absolute atomic E-state index is 0.00700. The lowest BCUT2D eigenvalue weighted by atomic mass is 10.1. The first-order valence-electron chi connectivity index (χ1n) is 9.46. The number of nitrogens with one attached hydrogen (secondary N) is 2. The van der Waals surface area contributed by atoms with Gasteiger partial charge in [-0.1, -0.05) is 29.8 Å². The number of ether oxygens (including phenoxy) is 1. The van der Waals surface area contributed by atoms with Gasteiger partial charge in [0.05, 0.1) is 18.7 Å². The summed E-state index contributed by atoms with van der Waals surface area (Å²) in [5.74, 6) is -1.36. The van der Waals surface area contributed by atoms with E-state index in [4.69, 9.17) is 4.74 Å². The molecule has 4 amide bonds. The largest absolute Gasteiger partial charge is 0.452 e. The maximum absolute atomic E-state index is 12.2. The number of rotatable bonds is 6. The Hall–Kier alpha value is -3.68. The SMILES string of the molecule is Cc1cc(C)c(NC(=O)COC(=O)c2ccc(CN3C(=O)CNC3=O)cc2)c(C)c1. The van der Waals surface area contributed by atoms with Gasteiger partial charge in [-0.15, -0.1) is 0 Å². The number of benzene rings is 2. The van der Waals surface area contributed by atoms with Crippen molar-refractivity contribution in [1.29, 1.82) is 0 Å². The average Bonchev–Trinajstić information content (AvgIpc) is 3.01. The molecule has 2 aromatic carbocycles. The van der Waals surface area contributed by atoms with Crippen molar-refractivity contribution >= 4 is 29.5 Å². The van der Waals surface area contributed by atoms with Crippen molar-refractivity contribution in [3.8, 4) is 0 Å². The summed E-state index contributed by atoms with van der Waals surface area (Å²) in [4.78, 5) is 48.7. The number of imide groups is 1. The standard InChI is InChI=1S/C22H23N3O5/c1-13-8-14(2)20(15(3)9-13)24-18(26)12-30-21(28)17-6-4-16(5-7-17)11-25-19(27)10-23-22(25)29/h4-9H,10-12H2,1-3H3,(H,23,29)(H,24,26). The zero-order valence-corrected chi connectivity index (χ0v) is 17.1. The minimum Gasteiger partial charge on any atom is -0.452 e. The van der Waals surface area contributed by atoms with Crippen LogP contribution in [0.3, 0.4) is 0 Å². The van der Waals surface area contributed by atoms with Gasteiger partial charge in [-0.3, -0.25) is 14.5 Å². The van der Waals surface area contributed by atoms with Gasteiger partial charge in [-0.05, 0) is 49.6 Å². The van der Waals surface area contributed by atoms with Crippen LogP contribution in [0.5, 0.6) is 0 Å². The number of nitrogens with zero attached hydrogens (tertiary/aromatic N) is 1. The Labute approximate surface area is 174 Å². The molecule has 0 unspecified atom stereocenters. The van der Waals surface area contributed by atoms with Crippen LogP contribution >= 0.6 is 0 Å². The number of urea groups is 1. The van der Waals surface area contributed by atoms with Crippen LogP contribution in [0.1, 0.15) is 32.6 Å². The maximum atomic E-state index is 12.2. The molecule has 0 saturated carbocycles. The lowest BCUT2D eigenvalue weighted by molar-refractivity contribution is -0.125. The number of anilines is 1. The molecule has 3 rings (SSSR count). The summed E-state index contributed by atoms with van der Waals surface area (Å²) in [6.07, 6.45) is 0. The van der Waals surface area contributed by atoms with E-state index in [-0.39, 0.29) is 24.6 Å². The smallest absolute Gasteiger partial charge is 0.338 e. The number of carbonyl (C=O) groups excluding carboxylic acids is 4. The molecule has 1 heterocycles. The van der Waals surface area contributed by atoms with Gasteiger partial charge in [-0.25, -0.2) is 9.59 Å². The second kappa shape index (κ2) is 8.77. The fraction of sp³-hybridized carbons (Fsp3) is 0.273. The van der Waals surface area contributed by atoms with Crippen molar-refractivity contribution in [3.05, 3.63) is 64.2 Å². The Morgan fingerprint density at radius 3 is 2.27 bits per heavy atom. The minimum atomic E-state index is -0.635. The van der Waals surface area contributed by atoms with E-state index in [0.29, 0.717) is 11.3 Å². The van der Waals surface area contributed by atoms with E-state index in [2.05, 4.69) is 10.6 Å². The molecule has 0 aliphatic carbocycles. The van der Waals surface area contributed by atoms with Crippen LogP contribution in [0.2, 0.25) is 0 Å². The molecule has 0 spiro atoms. The monoisotopic (exact) mass is 409 g/mol. The summed E-state index contributed by atoms with van der Waals surface area (Å²) in [5.41, 5.74) is 4.66. The summed E-state index contributed by atoms with van der Waals surface area (Å²) in [6, 6.07) is 9.83. The third kappa shape index (κ3) is 4.83. The zero-order chi connectivity index (χ0) is 21.8. The Bertz CT molecular complexity index is 975. The van der Waals surface area contributed by atoms with Gasteiger partial charge >= 0.3 is 12.0 Å². The summed E-state index contributed by atoms with van der Waals surface area (Å²) in [7, 11) is 0. The van der Waals surface area contributed by atoms with Crippen LogP contribution in [-0.2, 0) is 20.9 Å². The fourth-order valence-corrected chi connectivity index (χ4v) is 3.31. The van der Waals surface area contributed by atoms with Gasteiger partial charge in [0.1, 0.15) is 0 Å². The predicted molar refractivity (Wildman–Crippen MR) is 110 cm³/mol. The van der Waals surface area contributed by atoms with Crippen LogP contribution in [0.4, 0.5) is 10.5 Å². The van der Waals surface area contributed by atoms with Crippen molar-refractivity contribution in [2.24, 2.45) is 0 Å². The third-order valence-electron chi connectivity index (χ3n) is 4.74. The van der Waals surface area contributed by atoms with Crippen molar-refractivity contribution in [2.75, 3.05) is 18.5 Å². The molecule has 8 heteroatoms. The number of esters is 1. The molecule has 1 aliphatic rings. The predicted octanol–water partition coefficient (Wildman–Crippen LogP) is 2.46. The highest BCUT2D eigenvalue weighted by atomic mass is 16.5. The molecule has 2 N–H and O–H groups in total. The fourth-order valence-electron chi connectivity index (χ4n) is 3.31. The third-order valence-corrected chi connectivity index (χ3v) is 4.74. The molecule has 0 bridgehead atoms.